The van der Waals surface area contributed by atoms with E-state index in [2.05, 4.69) is 11.8 Å². The van der Waals surface area contributed by atoms with Crippen LogP contribution in [0.1, 0.15) is 22.8 Å². The van der Waals surface area contributed by atoms with Crippen molar-refractivity contribution in [2.24, 2.45) is 4.99 Å². The first-order valence-corrected chi connectivity index (χ1v) is 11.3. The Bertz CT molecular complexity index is 1240. The number of fused-ring (bicyclic) bond motifs is 2. The highest BCUT2D eigenvalue weighted by molar-refractivity contribution is 6.33. The Morgan fingerprint density at radius 1 is 1.06 bits per heavy atom. The first kappa shape index (κ1) is 21.3. The highest BCUT2D eigenvalue weighted by atomic mass is 35.5. The maximum Gasteiger partial charge on any atom is 0.255 e. The fourth-order valence-corrected chi connectivity index (χ4v) is 4.53. The number of hydrogen-bond donors (Lipinski definition) is 0. The van der Waals surface area contributed by atoms with Crippen molar-refractivity contribution in [1.29, 1.82) is 0 Å². The molecule has 0 bridgehead atoms. The summed E-state index contributed by atoms with van der Waals surface area (Å²) in [5.74, 6) is 2.93. The fraction of sp³-hybridized carbons (Fsp3) is 0.231. The topological polar surface area (TPSA) is 54.4 Å². The van der Waals surface area contributed by atoms with Crippen molar-refractivity contribution in [1.82, 2.24) is 9.80 Å². The summed E-state index contributed by atoms with van der Waals surface area (Å²) >= 11 is 6.28. The van der Waals surface area contributed by atoms with Crippen molar-refractivity contribution in [2.45, 2.75) is 13.0 Å². The van der Waals surface area contributed by atoms with Gasteiger partial charge in [0.1, 0.15) is 23.0 Å². The van der Waals surface area contributed by atoms with Gasteiger partial charge in [-0.1, -0.05) is 35.9 Å². The number of benzene rings is 3. The number of hydrogen-bond acceptors (Lipinski definition) is 5. The molecule has 168 valence electrons. The van der Waals surface area contributed by atoms with E-state index in [0.29, 0.717) is 36.0 Å². The maximum absolute atomic E-state index is 13.2. The van der Waals surface area contributed by atoms with E-state index in [1.807, 2.05) is 59.5 Å². The Labute approximate surface area is 198 Å². The largest absolute Gasteiger partial charge is 0.497 e. The monoisotopic (exact) mass is 461 g/mol. The molecule has 1 unspecified atom stereocenters. The lowest BCUT2D eigenvalue weighted by Gasteiger charge is -2.41. The van der Waals surface area contributed by atoms with E-state index in [-0.39, 0.29) is 11.9 Å². The summed E-state index contributed by atoms with van der Waals surface area (Å²) in [6, 6.07) is 20.6. The highest BCUT2D eigenvalue weighted by Gasteiger charge is 2.32. The molecule has 7 heteroatoms. The number of carbonyl (C=O) groups excluding carboxylic acids is 1. The molecule has 0 N–H and O–H groups in total. The molecule has 5 rings (SSSR count). The van der Waals surface area contributed by atoms with Gasteiger partial charge in [0, 0.05) is 25.7 Å². The molecule has 1 saturated heterocycles. The summed E-state index contributed by atoms with van der Waals surface area (Å²) in [5, 5.41) is 0.472. The SMILES string of the molecule is COc1ccc2c(c1)C(N1CCN(C(=O)c3ccccc3Cl)C(C)C1)=Nc1ccccc1O2. The molecular formula is C26H24ClN3O3. The van der Waals surface area contributed by atoms with E-state index in [4.69, 9.17) is 26.1 Å². The van der Waals surface area contributed by atoms with Crippen molar-refractivity contribution in [3.63, 3.8) is 0 Å². The van der Waals surface area contributed by atoms with Crippen molar-refractivity contribution in [3.8, 4) is 17.2 Å². The van der Waals surface area contributed by atoms with Gasteiger partial charge in [-0.2, -0.15) is 0 Å². The van der Waals surface area contributed by atoms with Gasteiger partial charge < -0.3 is 19.3 Å². The number of ether oxygens (including phenoxy) is 2. The summed E-state index contributed by atoms with van der Waals surface area (Å²) in [6.07, 6.45) is 0. The third kappa shape index (κ3) is 4.02. The quantitative estimate of drug-likeness (QED) is 0.514. The maximum atomic E-state index is 13.2. The van der Waals surface area contributed by atoms with Crippen LogP contribution in [-0.2, 0) is 0 Å². The Balaban J connectivity index is 1.47. The Morgan fingerprint density at radius 2 is 1.85 bits per heavy atom. The molecule has 2 aliphatic rings. The van der Waals surface area contributed by atoms with Gasteiger partial charge >= 0.3 is 0 Å². The zero-order valence-electron chi connectivity index (χ0n) is 18.5. The fourth-order valence-electron chi connectivity index (χ4n) is 4.31. The van der Waals surface area contributed by atoms with Gasteiger partial charge in [-0.3, -0.25) is 4.79 Å². The number of amidine groups is 1. The van der Waals surface area contributed by atoms with E-state index in [0.717, 1.165) is 28.6 Å². The van der Waals surface area contributed by atoms with E-state index < -0.39 is 0 Å². The lowest BCUT2D eigenvalue weighted by atomic mass is 10.1. The average Bonchev–Trinajstić information content (AvgIpc) is 3.00. The van der Waals surface area contributed by atoms with Gasteiger partial charge in [0.2, 0.25) is 0 Å². The Kier molecular flexibility index (Phi) is 5.68. The molecule has 1 amide bonds. The minimum Gasteiger partial charge on any atom is -0.497 e. The summed E-state index contributed by atoms with van der Waals surface area (Å²) in [7, 11) is 1.64. The van der Waals surface area contributed by atoms with Crippen molar-refractivity contribution < 1.29 is 14.3 Å². The second-order valence-corrected chi connectivity index (χ2v) is 8.55. The zero-order chi connectivity index (χ0) is 22.9. The van der Waals surface area contributed by atoms with Crippen LogP contribution in [0.2, 0.25) is 5.02 Å². The molecule has 1 fully saturated rings. The minimum atomic E-state index is -0.0497. The minimum absolute atomic E-state index is 0.0290. The van der Waals surface area contributed by atoms with Crippen LogP contribution in [0.5, 0.6) is 17.2 Å². The van der Waals surface area contributed by atoms with E-state index >= 15 is 0 Å². The number of aliphatic imine (C=N–C) groups is 1. The van der Waals surface area contributed by atoms with E-state index in [1.54, 1.807) is 19.2 Å². The number of carbonyl (C=O) groups is 1. The van der Waals surface area contributed by atoms with Crippen LogP contribution in [0.15, 0.2) is 71.7 Å². The molecule has 0 aromatic heterocycles. The van der Waals surface area contributed by atoms with Crippen LogP contribution in [0.25, 0.3) is 0 Å². The second-order valence-electron chi connectivity index (χ2n) is 8.14. The molecule has 6 nitrogen and oxygen atoms in total. The third-order valence-corrected chi connectivity index (χ3v) is 6.36. The van der Waals surface area contributed by atoms with Gasteiger partial charge in [-0.05, 0) is 49.4 Å². The molecule has 2 heterocycles. The van der Waals surface area contributed by atoms with Gasteiger partial charge in [-0.25, -0.2) is 4.99 Å². The number of piperazine rings is 1. The predicted octanol–water partition coefficient (Wildman–Crippen LogP) is 5.38. The average molecular weight is 462 g/mol. The van der Waals surface area contributed by atoms with Gasteiger partial charge in [-0.15, -0.1) is 0 Å². The Morgan fingerprint density at radius 3 is 2.64 bits per heavy atom. The molecule has 3 aromatic carbocycles. The highest BCUT2D eigenvalue weighted by Crippen LogP contribution is 2.39. The molecule has 2 aliphatic heterocycles. The first-order valence-electron chi connectivity index (χ1n) is 10.9. The number of methoxy groups -OCH3 is 1. The second kappa shape index (κ2) is 8.79. The smallest absolute Gasteiger partial charge is 0.255 e. The molecule has 0 aliphatic carbocycles. The molecule has 1 atom stereocenters. The van der Waals surface area contributed by atoms with Crippen molar-refractivity contribution in [2.75, 3.05) is 26.7 Å². The number of nitrogens with zero attached hydrogens (tertiary/aromatic N) is 3. The summed E-state index contributed by atoms with van der Waals surface area (Å²) in [5.41, 5.74) is 2.16. The van der Waals surface area contributed by atoms with Crippen LogP contribution in [-0.4, -0.2) is 54.3 Å². The normalized spacial score (nSPS) is 17.3. The molecule has 0 radical (unpaired) electrons. The van der Waals surface area contributed by atoms with Crippen LogP contribution < -0.4 is 9.47 Å². The lowest BCUT2D eigenvalue weighted by Crippen LogP contribution is -2.55. The first-order chi connectivity index (χ1) is 16.0. The Hall–Kier alpha value is -3.51. The molecule has 0 saturated carbocycles. The van der Waals surface area contributed by atoms with E-state index in [9.17, 15) is 4.79 Å². The molecule has 3 aromatic rings. The van der Waals surface area contributed by atoms with E-state index in [1.165, 1.54) is 0 Å². The molecule has 0 spiro atoms. The zero-order valence-corrected chi connectivity index (χ0v) is 19.2. The van der Waals surface area contributed by atoms with Crippen LogP contribution in [0, 0.1) is 0 Å². The number of amides is 1. The number of halogens is 1. The summed E-state index contributed by atoms with van der Waals surface area (Å²) in [6.45, 7) is 3.88. The summed E-state index contributed by atoms with van der Waals surface area (Å²) in [4.78, 5) is 22.3. The van der Waals surface area contributed by atoms with Gasteiger partial charge in [0.05, 0.1) is 23.3 Å². The number of rotatable bonds is 2. The number of para-hydroxylation sites is 2. The predicted molar refractivity (Wildman–Crippen MR) is 129 cm³/mol. The van der Waals surface area contributed by atoms with Crippen LogP contribution in [0.3, 0.4) is 0 Å². The van der Waals surface area contributed by atoms with Gasteiger partial charge in [0.25, 0.3) is 5.91 Å². The van der Waals surface area contributed by atoms with Crippen LogP contribution in [0.4, 0.5) is 5.69 Å². The molecular weight excluding hydrogens is 438 g/mol. The van der Waals surface area contributed by atoms with Gasteiger partial charge in [0.15, 0.2) is 5.75 Å². The third-order valence-electron chi connectivity index (χ3n) is 6.03. The molecule has 33 heavy (non-hydrogen) atoms. The van der Waals surface area contributed by atoms with Crippen LogP contribution >= 0.6 is 11.6 Å². The summed E-state index contributed by atoms with van der Waals surface area (Å²) < 4.78 is 11.7. The lowest BCUT2D eigenvalue weighted by molar-refractivity contribution is 0.0581. The van der Waals surface area contributed by atoms with Crippen molar-refractivity contribution >= 4 is 29.0 Å². The standard InChI is InChI=1S/C26H24ClN3O3/c1-17-16-29(13-14-30(17)26(31)19-7-3-4-8-21(19)27)25-20-15-18(32-2)11-12-23(20)33-24-10-6-5-9-22(24)28-25/h3-12,15,17H,13-14,16H2,1-2H3. The van der Waals surface area contributed by atoms with Crippen molar-refractivity contribution in [3.05, 3.63) is 82.9 Å².